The van der Waals surface area contributed by atoms with Gasteiger partial charge in [-0.2, -0.15) is 0 Å². The molecule has 6 heteroatoms. The van der Waals surface area contributed by atoms with Gasteiger partial charge in [0.05, 0.1) is 0 Å². The summed E-state index contributed by atoms with van der Waals surface area (Å²) in [5.41, 5.74) is 0.575. The summed E-state index contributed by atoms with van der Waals surface area (Å²) in [7, 11) is 2.04. The molecule has 0 amide bonds. The first-order chi connectivity index (χ1) is 9.47. The third kappa shape index (κ3) is 3.75. The molecule has 0 aliphatic carbocycles. The van der Waals surface area contributed by atoms with Crippen molar-refractivity contribution in [3.8, 4) is 0 Å². The smallest absolute Gasteiger partial charge is 0.264 e. The molecular formula is C14H17ClF2N2O. The zero-order chi connectivity index (χ0) is 14.7. The number of piperazine rings is 1. The van der Waals surface area contributed by atoms with Crippen LogP contribution in [0, 0.1) is 0 Å². The Labute approximate surface area is 122 Å². The molecule has 0 saturated carbocycles. The molecule has 1 aromatic rings. The van der Waals surface area contributed by atoms with E-state index in [9.17, 15) is 13.6 Å². The molecule has 1 saturated heterocycles. The van der Waals surface area contributed by atoms with Crippen molar-refractivity contribution >= 4 is 16.8 Å². The number of benzene rings is 1. The maximum atomic E-state index is 13.1. The molecular weight excluding hydrogens is 286 g/mol. The van der Waals surface area contributed by atoms with E-state index >= 15 is 0 Å². The van der Waals surface area contributed by atoms with Crippen molar-refractivity contribution in [3.05, 3.63) is 34.9 Å². The fraction of sp³-hybridized carbons (Fsp3) is 0.500. The van der Waals surface area contributed by atoms with Gasteiger partial charge in [-0.3, -0.25) is 9.69 Å². The topological polar surface area (TPSA) is 23.6 Å². The zero-order valence-electron chi connectivity index (χ0n) is 11.3. The number of nitrogens with zero attached hydrogens (tertiary/aromatic N) is 2. The highest BCUT2D eigenvalue weighted by Crippen LogP contribution is 2.26. The molecule has 1 fully saturated rings. The maximum absolute atomic E-state index is 13.1. The van der Waals surface area contributed by atoms with Crippen molar-refractivity contribution in [2.75, 3.05) is 33.2 Å². The normalized spacial score (nSPS) is 17.6. The number of hydrogen-bond donors (Lipinski definition) is 0. The first-order valence-electron chi connectivity index (χ1n) is 6.49. The van der Waals surface area contributed by atoms with E-state index < -0.39 is 11.7 Å². The van der Waals surface area contributed by atoms with Crippen LogP contribution in [0.1, 0.15) is 27.9 Å². The molecule has 1 aliphatic heterocycles. The summed E-state index contributed by atoms with van der Waals surface area (Å²) in [6.07, 6.45) is -2.60. The number of carbonyl (C=O) groups is 1. The van der Waals surface area contributed by atoms with Crippen molar-refractivity contribution in [2.45, 2.75) is 13.0 Å². The van der Waals surface area contributed by atoms with Gasteiger partial charge < -0.3 is 4.90 Å². The van der Waals surface area contributed by atoms with E-state index in [1.54, 1.807) is 6.07 Å². The fourth-order valence-corrected chi connectivity index (χ4v) is 2.43. The lowest BCUT2D eigenvalue weighted by Gasteiger charge is -2.32. The molecule has 110 valence electrons. The predicted octanol–water partition coefficient (Wildman–Crippen LogP) is 2.75. The van der Waals surface area contributed by atoms with Crippen LogP contribution in [0.25, 0.3) is 0 Å². The van der Waals surface area contributed by atoms with Gasteiger partial charge in [0, 0.05) is 43.9 Å². The average Bonchev–Trinajstić information content (AvgIpc) is 2.41. The van der Waals surface area contributed by atoms with Gasteiger partial charge in [0.25, 0.3) is 11.7 Å². The van der Waals surface area contributed by atoms with E-state index in [-0.39, 0.29) is 11.1 Å². The van der Waals surface area contributed by atoms with Gasteiger partial charge in [0.2, 0.25) is 0 Å². The van der Waals surface area contributed by atoms with Crippen LogP contribution < -0.4 is 0 Å². The summed E-state index contributed by atoms with van der Waals surface area (Å²) in [6, 6.07) is 4.29. The summed E-state index contributed by atoms with van der Waals surface area (Å²) < 4.78 is 26.2. The van der Waals surface area contributed by atoms with E-state index in [1.807, 2.05) is 7.05 Å². The second-order valence-electron chi connectivity index (χ2n) is 5.07. The number of likely N-dealkylation sites (N-methyl/N-ethyl adjacent to an activating group) is 1. The predicted molar refractivity (Wildman–Crippen MR) is 74.4 cm³/mol. The lowest BCUT2D eigenvalue weighted by molar-refractivity contribution is 0.108. The first-order valence-corrected chi connectivity index (χ1v) is 6.87. The molecule has 1 aliphatic rings. The Kier molecular flexibility index (Phi) is 5.07. The fourth-order valence-electron chi connectivity index (χ4n) is 2.31. The summed E-state index contributed by atoms with van der Waals surface area (Å²) in [5.74, 6) is 0. The van der Waals surface area contributed by atoms with Crippen LogP contribution in [0.2, 0.25) is 0 Å². The van der Waals surface area contributed by atoms with Gasteiger partial charge in [-0.25, -0.2) is 8.78 Å². The van der Waals surface area contributed by atoms with Crippen LogP contribution in [0.3, 0.4) is 0 Å². The van der Waals surface area contributed by atoms with Crippen LogP contribution in [-0.4, -0.2) is 48.3 Å². The molecule has 0 N–H and O–H groups in total. The van der Waals surface area contributed by atoms with Gasteiger partial charge in [-0.05, 0) is 36.3 Å². The average molecular weight is 303 g/mol. The molecule has 0 radical (unpaired) electrons. The molecule has 0 atom stereocenters. The van der Waals surface area contributed by atoms with Crippen molar-refractivity contribution < 1.29 is 13.6 Å². The van der Waals surface area contributed by atoms with Crippen molar-refractivity contribution in [1.82, 2.24) is 9.80 Å². The Bertz CT molecular complexity index is 488. The molecule has 1 heterocycles. The van der Waals surface area contributed by atoms with Gasteiger partial charge in [0.15, 0.2) is 0 Å². The number of carbonyl (C=O) groups excluding carboxylic acids is 1. The molecule has 0 bridgehead atoms. The van der Waals surface area contributed by atoms with E-state index in [0.717, 1.165) is 26.2 Å². The minimum absolute atomic E-state index is 0.101. The van der Waals surface area contributed by atoms with Crippen molar-refractivity contribution in [1.29, 1.82) is 0 Å². The Morgan fingerprint density at radius 3 is 2.50 bits per heavy atom. The molecule has 2 rings (SSSR count). The largest absolute Gasteiger partial charge is 0.304 e. The van der Waals surface area contributed by atoms with Gasteiger partial charge >= 0.3 is 0 Å². The minimum Gasteiger partial charge on any atom is -0.304 e. The summed E-state index contributed by atoms with van der Waals surface area (Å²) in [5, 5.41) is -0.710. The standard InChI is InChI=1S/C14H17ClF2N2O/c1-18-4-6-19(7-5-18)9-11-3-2-10(13(15)20)8-12(11)14(16)17/h2-3,8,14H,4-7,9H2,1H3. The second-order valence-corrected chi connectivity index (χ2v) is 5.41. The van der Waals surface area contributed by atoms with E-state index in [0.29, 0.717) is 12.1 Å². The lowest BCUT2D eigenvalue weighted by Crippen LogP contribution is -2.44. The first kappa shape index (κ1) is 15.4. The van der Waals surface area contributed by atoms with E-state index in [1.165, 1.54) is 12.1 Å². The highest BCUT2D eigenvalue weighted by Gasteiger charge is 2.19. The Morgan fingerprint density at radius 1 is 1.30 bits per heavy atom. The van der Waals surface area contributed by atoms with E-state index in [4.69, 9.17) is 11.6 Å². The number of alkyl halides is 2. The van der Waals surface area contributed by atoms with Gasteiger partial charge in [0.1, 0.15) is 0 Å². The Hall–Kier alpha value is -1.04. The highest BCUT2D eigenvalue weighted by atomic mass is 35.5. The number of hydrogen-bond acceptors (Lipinski definition) is 3. The molecule has 1 aromatic carbocycles. The molecule has 20 heavy (non-hydrogen) atoms. The van der Waals surface area contributed by atoms with Crippen LogP contribution in [-0.2, 0) is 6.54 Å². The maximum Gasteiger partial charge on any atom is 0.264 e. The molecule has 0 unspecified atom stereocenters. The molecule has 3 nitrogen and oxygen atoms in total. The third-order valence-corrected chi connectivity index (χ3v) is 3.82. The highest BCUT2D eigenvalue weighted by molar-refractivity contribution is 6.67. The lowest BCUT2D eigenvalue weighted by atomic mass is 10.0. The number of halogens is 3. The number of rotatable bonds is 4. The summed E-state index contributed by atoms with van der Waals surface area (Å²) in [4.78, 5) is 15.4. The van der Waals surface area contributed by atoms with Crippen LogP contribution >= 0.6 is 11.6 Å². The Balaban J connectivity index is 2.16. The third-order valence-electron chi connectivity index (χ3n) is 3.60. The SMILES string of the molecule is CN1CCN(Cc2ccc(C(=O)Cl)cc2C(F)F)CC1. The Morgan fingerprint density at radius 2 is 1.95 bits per heavy atom. The second kappa shape index (κ2) is 6.61. The minimum atomic E-state index is -2.60. The van der Waals surface area contributed by atoms with Crippen LogP contribution in [0.15, 0.2) is 18.2 Å². The van der Waals surface area contributed by atoms with Crippen LogP contribution in [0.4, 0.5) is 8.78 Å². The van der Waals surface area contributed by atoms with Crippen LogP contribution in [0.5, 0.6) is 0 Å². The zero-order valence-corrected chi connectivity index (χ0v) is 12.0. The monoisotopic (exact) mass is 302 g/mol. The summed E-state index contributed by atoms with van der Waals surface area (Å²) in [6.45, 7) is 4.06. The van der Waals surface area contributed by atoms with E-state index in [2.05, 4.69) is 9.80 Å². The quantitative estimate of drug-likeness (QED) is 0.799. The summed E-state index contributed by atoms with van der Waals surface area (Å²) >= 11 is 5.34. The molecule has 0 aromatic heterocycles. The van der Waals surface area contributed by atoms with Crippen molar-refractivity contribution in [2.24, 2.45) is 0 Å². The van der Waals surface area contributed by atoms with Gasteiger partial charge in [-0.15, -0.1) is 0 Å². The van der Waals surface area contributed by atoms with Crippen molar-refractivity contribution in [3.63, 3.8) is 0 Å². The molecule has 0 spiro atoms. The van der Waals surface area contributed by atoms with Gasteiger partial charge in [-0.1, -0.05) is 6.07 Å².